The molecule has 0 heterocycles. The maximum atomic E-state index is 2.73. The van der Waals surface area contributed by atoms with Crippen LogP contribution in [0.2, 0.25) is 0 Å². The van der Waals surface area contributed by atoms with Crippen LogP contribution in [-0.4, -0.2) is 44.2 Å². The van der Waals surface area contributed by atoms with Crippen molar-refractivity contribution in [2.45, 2.75) is 111 Å². The Morgan fingerprint density at radius 2 is 1.48 bits per heavy atom. The van der Waals surface area contributed by atoms with Gasteiger partial charge < -0.3 is 9.80 Å². The lowest BCUT2D eigenvalue weighted by molar-refractivity contribution is -0.930. The van der Waals surface area contributed by atoms with E-state index in [1.54, 1.807) is 11.3 Å². The van der Waals surface area contributed by atoms with Gasteiger partial charge in [0.05, 0.1) is 19.1 Å². The van der Waals surface area contributed by atoms with Crippen molar-refractivity contribution in [3.05, 3.63) is 0 Å². The second-order valence-electron chi connectivity index (χ2n) is 13.0. The first-order valence-corrected chi connectivity index (χ1v) is 13.1. The van der Waals surface area contributed by atoms with E-state index < -0.39 is 0 Å². The van der Waals surface area contributed by atoms with Crippen LogP contribution in [0, 0.1) is 40.4 Å². The molecule has 1 unspecified atom stereocenters. The molecule has 0 aromatic rings. The number of hydrogen-bond acceptors (Lipinski definition) is 1. The first-order valence-electron chi connectivity index (χ1n) is 13.1. The molecule has 0 bridgehead atoms. The Morgan fingerprint density at radius 3 is 2.14 bits per heavy atom. The van der Waals surface area contributed by atoms with Gasteiger partial charge in [-0.25, -0.2) is 0 Å². The lowest BCUT2D eigenvalue weighted by Crippen LogP contribution is -3.16. The van der Waals surface area contributed by atoms with Crippen LogP contribution in [0.1, 0.15) is 92.4 Å². The number of quaternary nitrogens is 1. The molecule has 4 aliphatic carbocycles. The molecule has 10 atom stereocenters. The largest absolute Gasteiger partial charge is 0.333 e. The summed E-state index contributed by atoms with van der Waals surface area (Å²) in [6, 6.07) is 2.39. The van der Waals surface area contributed by atoms with Gasteiger partial charge in [0.1, 0.15) is 0 Å². The van der Waals surface area contributed by atoms with Crippen LogP contribution in [0.5, 0.6) is 0 Å². The highest BCUT2D eigenvalue weighted by atomic mass is 15.2. The minimum atomic E-state index is 0.612. The number of fused-ring (bicyclic) bond motifs is 5. The maximum Gasteiger partial charge on any atom is 0.0879 e. The van der Waals surface area contributed by atoms with Gasteiger partial charge in [0.2, 0.25) is 0 Å². The van der Waals surface area contributed by atoms with Crippen molar-refractivity contribution in [1.29, 1.82) is 0 Å². The van der Waals surface area contributed by atoms with Crippen molar-refractivity contribution in [3.63, 3.8) is 0 Å². The van der Waals surface area contributed by atoms with E-state index in [0.717, 1.165) is 47.7 Å². The molecular formula is C27H51N2+. The fourth-order valence-corrected chi connectivity index (χ4v) is 9.41. The van der Waals surface area contributed by atoms with Crippen molar-refractivity contribution in [1.82, 2.24) is 4.90 Å². The predicted molar refractivity (Wildman–Crippen MR) is 124 cm³/mol. The van der Waals surface area contributed by atoms with Crippen molar-refractivity contribution in [3.8, 4) is 0 Å². The van der Waals surface area contributed by atoms with Crippen LogP contribution < -0.4 is 4.90 Å². The summed E-state index contributed by atoms with van der Waals surface area (Å²) in [7, 11) is 7.06. The van der Waals surface area contributed by atoms with Gasteiger partial charge >= 0.3 is 0 Å². The summed E-state index contributed by atoms with van der Waals surface area (Å²) >= 11 is 0. The third-order valence-electron chi connectivity index (χ3n) is 11.7. The highest BCUT2D eigenvalue weighted by molar-refractivity contribution is 5.10. The van der Waals surface area contributed by atoms with Gasteiger partial charge in [-0.3, -0.25) is 0 Å². The highest BCUT2D eigenvalue weighted by Gasteiger charge is 2.61. The zero-order chi connectivity index (χ0) is 21.1. The lowest BCUT2D eigenvalue weighted by atomic mass is 9.44. The molecule has 0 amide bonds. The van der Waals surface area contributed by atoms with E-state index in [4.69, 9.17) is 0 Å². The van der Waals surface area contributed by atoms with Crippen LogP contribution in [0.25, 0.3) is 0 Å². The highest BCUT2D eigenvalue weighted by Crippen LogP contribution is 2.67. The third-order valence-corrected chi connectivity index (χ3v) is 11.7. The third kappa shape index (κ3) is 3.43. The summed E-state index contributed by atoms with van der Waals surface area (Å²) < 4.78 is 0. The van der Waals surface area contributed by atoms with Gasteiger partial charge in [0.25, 0.3) is 0 Å². The number of rotatable bonds is 4. The zero-order valence-corrected chi connectivity index (χ0v) is 20.9. The lowest BCUT2D eigenvalue weighted by Gasteiger charge is -2.61. The summed E-state index contributed by atoms with van der Waals surface area (Å²) in [5, 5.41) is 0. The standard InChI is InChI=1S/C27H50N2/c1-18(2)29(8)19(3)23-11-12-24-22-10-9-20-17-21(28(6)7)13-15-26(20,4)25(22)14-16-27(23,24)5/h18-25H,9-17H2,1-8H3/p+1/t19-,20-,21+,22-,23+,24+,25-,26-,27+/m0/s1. The topological polar surface area (TPSA) is 7.68 Å². The normalized spacial score (nSPS) is 49.4. The second-order valence-corrected chi connectivity index (χ2v) is 13.0. The number of nitrogens with one attached hydrogen (secondary N) is 1. The Balaban J connectivity index is 1.53. The molecule has 4 saturated carbocycles. The molecule has 1 N–H and O–H groups in total. The van der Waals surface area contributed by atoms with E-state index in [9.17, 15) is 0 Å². The Kier molecular flexibility index (Phi) is 5.95. The van der Waals surface area contributed by atoms with Crippen LogP contribution in [0.15, 0.2) is 0 Å². The molecule has 0 saturated heterocycles. The Morgan fingerprint density at radius 1 is 0.828 bits per heavy atom. The van der Waals surface area contributed by atoms with Gasteiger partial charge in [-0.15, -0.1) is 0 Å². The van der Waals surface area contributed by atoms with Crippen molar-refractivity contribution in [2.75, 3.05) is 21.1 Å². The zero-order valence-electron chi connectivity index (χ0n) is 20.9. The molecule has 0 aromatic heterocycles. The summed E-state index contributed by atoms with van der Waals surface area (Å²) in [4.78, 5) is 4.27. The van der Waals surface area contributed by atoms with Crippen molar-refractivity contribution < 1.29 is 4.90 Å². The molecule has 168 valence electrons. The van der Waals surface area contributed by atoms with E-state index in [-0.39, 0.29) is 0 Å². The fourth-order valence-electron chi connectivity index (χ4n) is 9.41. The van der Waals surface area contributed by atoms with Gasteiger partial charge in [0, 0.05) is 12.0 Å². The summed E-state index contributed by atoms with van der Waals surface area (Å²) in [5.74, 6) is 4.99. The number of hydrogen-bond donors (Lipinski definition) is 1. The average molecular weight is 404 g/mol. The predicted octanol–water partition coefficient (Wildman–Crippen LogP) is 4.89. The fraction of sp³-hybridized carbons (Fsp3) is 1.00. The number of nitrogens with zero attached hydrogens (tertiary/aromatic N) is 1. The summed E-state index contributed by atoms with van der Waals surface area (Å²) in [6.07, 6.45) is 13.5. The van der Waals surface area contributed by atoms with E-state index >= 15 is 0 Å². The Labute approximate surface area is 182 Å². The van der Waals surface area contributed by atoms with Crippen LogP contribution in [-0.2, 0) is 0 Å². The first-order chi connectivity index (χ1) is 13.6. The maximum absolute atomic E-state index is 2.73. The Bertz CT molecular complexity index is 585. The molecule has 4 rings (SSSR count). The average Bonchev–Trinajstić information content (AvgIpc) is 3.03. The van der Waals surface area contributed by atoms with Crippen molar-refractivity contribution >= 4 is 0 Å². The van der Waals surface area contributed by atoms with Crippen LogP contribution in [0.3, 0.4) is 0 Å². The minimum Gasteiger partial charge on any atom is -0.333 e. The minimum absolute atomic E-state index is 0.612. The molecule has 0 aliphatic heterocycles. The van der Waals surface area contributed by atoms with E-state index in [1.807, 2.05) is 0 Å². The molecule has 2 heteroatoms. The van der Waals surface area contributed by atoms with Crippen molar-refractivity contribution in [2.24, 2.45) is 40.4 Å². The van der Waals surface area contributed by atoms with E-state index in [2.05, 4.69) is 60.7 Å². The van der Waals surface area contributed by atoms with Gasteiger partial charge in [-0.2, -0.15) is 0 Å². The van der Waals surface area contributed by atoms with Gasteiger partial charge in [-0.1, -0.05) is 13.8 Å². The van der Waals surface area contributed by atoms with Crippen LogP contribution >= 0.6 is 0 Å². The Hall–Kier alpha value is -0.0800. The molecule has 2 nitrogen and oxygen atoms in total. The van der Waals surface area contributed by atoms with E-state index in [1.165, 1.54) is 51.4 Å². The SMILES string of the molecule is CC(C)[NH+](C)[C@@H](C)[C@H]1CC[C@@H]2[C@@H]3CC[C@H]4C[C@H](N(C)C)CC[C@]4(C)[C@H]3CC[C@@]21C. The molecular weight excluding hydrogens is 352 g/mol. The summed E-state index contributed by atoms with van der Waals surface area (Å²) in [5.41, 5.74) is 1.25. The monoisotopic (exact) mass is 403 g/mol. The van der Waals surface area contributed by atoms with Gasteiger partial charge in [-0.05, 0) is 127 Å². The first kappa shape index (κ1) is 22.1. The van der Waals surface area contributed by atoms with E-state index in [0.29, 0.717) is 10.8 Å². The molecule has 0 aromatic carbocycles. The van der Waals surface area contributed by atoms with Crippen LogP contribution in [0.4, 0.5) is 0 Å². The quantitative estimate of drug-likeness (QED) is 0.702. The molecule has 0 radical (unpaired) electrons. The molecule has 4 aliphatic rings. The molecule has 29 heavy (non-hydrogen) atoms. The molecule has 4 fully saturated rings. The summed E-state index contributed by atoms with van der Waals surface area (Å²) in [6.45, 7) is 12.8. The molecule has 0 spiro atoms. The van der Waals surface area contributed by atoms with Gasteiger partial charge in [0.15, 0.2) is 0 Å². The smallest absolute Gasteiger partial charge is 0.0879 e. The second kappa shape index (κ2) is 7.80.